The minimum absolute atomic E-state index is 0.0241. The van der Waals surface area contributed by atoms with Gasteiger partial charge in [-0.25, -0.2) is 8.42 Å². The highest BCUT2D eigenvalue weighted by molar-refractivity contribution is 8.01. The van der Waals surface area contributed by atoms with E-state index in [4.69, 9.17) is 9.47 Å². The van der Waals surface area contributed by atoms with Crippen molar-refractivity contribution >= 4 is 38.8 Å². The molecule has 2 heterocycles. The van der Waals surface area contributed by atoms with E-state index in [1.807, 2.05) is 37.3 Å². The number of rotatable bonds is 9. The van der Waals surface area contributed by atoms with E-state index < -0.39 is 16.3 Å². The van der Waals surface area contributed by atoms with Gasteiger partial charge in [-0.05, 0) is 42.3 Å². The minimum Gasteiger partial charge on any atom is -0.392 e. The first-order valence-corrected chi connectivity index (χ1v) is 15.3. The van der Waals surface area contributed by atoms with Crippen LogP contribution in [0.25, 0.3) is 0 Å². The van der Waals surface area contributed by atoms with Crippen molar-refractivity contribution in [2.45, 2.75) is 47.7 Å². The third kappa shape index (κ3) is 6.60. The number of aryl methyl sites for hydroxylation is 1. The molecule has 3 unspecified atom stereocenters. The fraction of sp³-hybridized carbons (Fsp3) is 0.259. The summed E-state index contributed by atoms with van der Waals surface area (Å²) in [4.78, 5) is 0.186. The van der Waals surface area contributed by atoms with Crippen LogP contribution in [0.3, 0.4) is 0 Å². The number of nitrogens with zero attached hydrogens (tertiary/aromatic N) is 2. The molecular weight excluding hydrogens is 543 g/mol. The lowest BCUT2D eigenvalue weighted by Gasteiger charge is -2.36. The predicted molar refractivity (Wildman–Crippen MR) is 147 cm³/mol. The summed E-state index contributed by atoms with van der Waals surface area (Å²) in [5, 5.41) is 18.6. The maximum Gasteiger partial charge on any atom is 0.261 e. The summed E-state index contributed by atoms with van der Waals surface area (Å²) < 4.78 is 42.0. The van der Waals surface area contributed by atoms with Crippen LogP contribution >= 0.6 is 23.1 Å². The third-order valence-electron chi connectivity index (χ3n) is 5.98. The highest BCUT2D eigenvalue weighted by atomic mass is 32.2. The molecule has 3 aromatic carbocycles. The molecule has 2 N–H and O–H groups in total. The number of aromatic nitrogens is 2. The molecule has 1 aromatic heterocycles. The molecular formula is C27H27N3O5S3. The number of aliphatic hydroxyl groups is 1. The van der Waals surface area contributed by atoms with Gasteiger partial charge in [0.25, 0.3) is 10.0 Å². The Morgan fingerprint density at radius 1 is 1.00 bits per heavy atom. The quantitative estimate of drug-likeness (QED) is 0.255. The topological polar surface area (TPSA) is 111 Å². The largest absolute Gasteiger partial charge is 0.392 e. The van der Waals surface area contributed by atoms with Crippen LogP contribution in [0.5, 0.6) is 0 Å². The lowest BCUT2D eigenvalue weighted by Crippen LogP contribution is -2.31. The van der Waals surface area contributed by atoms with Crippen molar-refractivity contribution in [1.82, 2.24) is 10.2 Å². The lowest BCUT2D eigenvalue weighted by molar-refractivity contribution is -0.245. The number of aliphatic hydroxyl groups excluding tert-OH is 1. The summed E-state index contributed by atoms with van der Waals surface area (Å²) >= 11 is 3.14. The molecule has 4 aromatic rings. The first-order chi connectivity index (χ1) is 18.4. The fourth-order valence-electron chi connectivity index (χ4n) is 4.09. The van der Waals surface area contributed by atoms with Crippen LogP contribution in [0.15, 0.2) is 88.1 Å². The van der Waals surface area contributed by atoms with Crippen LogP contribution in [0.2, 0.25) is 0 Å². The van der Waals surface area contributed by atoms with Gasteiger partial charge in [0.15, 0.2) is 10.6 Å². The zero-order valence-corrected chi connectivity index (χ0v) is 23.0. The van der Waals surface area contributed by atoms with Crippen molar-refractivity contribution in [3.63, 3.8) is 0 Å². The van der Waals surface area contributed by atoms with E-state index in [2.05, 4.69) is 14.9 Å². The smallest absolute Gasteiger partial charge is 0.261 e. The average molecular weight is 570 g/mol. The fourth-order valence-corrected chi connectivity index (χ4v) is 7.02. The Bertz CT molecular complexity index is 1460. The Balaban J connectivity index is 1.37. The number of sulfonamides is 1. The molecule has 1 aliphatic rings. The standard InChI is InChI=1S/C27H27N3O5S3/c1-18-28-29-27(37-18)36-17-23-15-25(20-12-10-19(16-31)11-13-20)35-26(34-23)21-6-5-7-22(14-21)30-38(32,33)24-8-3-2-4-9-24/h2-14,23,25-26,30-31H,15-17H2,1H3. The maximum absolute atomic E-state index is 12.8. The predicted octanol–water partition coefficient (Wildman–Crippen LogP) is 5.48. The van der Waals surface area contributed by atoms with Gasteiger partial charge in [-0.2, -0.15) is 0 Å². The van der Waals surface area contributed by atoms with Gasteiger partial charge in [0.05, 0.1) is 23.7 Å². The second-order valence-electron chi connectivity index (χ2n) is 8.79. The van der Waals surface area contributed by atoms with Gasteiger partial charge in [-0.3, -0.25) is 4.72 Å². The number of benzene rings is 3. The molecule has 1 saturated heterocycles. The molecule has 0 saturated carbocycles. The number of anilines is 1. The third-order valence-corrected chi connectivity index (χ3v) is 9.48. The molecule has 0 radical (unpaired) electrons. The molecule has 5 rings (SSSR count). The Morgan fingerprint density at radius 2 is 1.79 bits per heavy atom. The van der Waals surface area contributed by atoms with Crippen molar-refractivity contribution in [3.8, 4) is 0 Å². The Morgan fingerprint density at radius 3 is 2.50 bits per heavy atom. The SMILES string of the molecule is Cc1nnc(SCC2CC(c3ccc(CO)cc3)OC(c3cccc(NS(=O)(=O)c4ccccc4)c3)O2)s1. The molecule has 38 heavy (non-hydrogen) atoms. The molecule has 1 aliphatic heterocycles. The van der Waals surface area contributed by atoms with E-state index in [1.54, 1.807) is 71.6 Å². The summed E-state index contributed by atoms with van der Waals surface area (Å²) in [5.41, 5.74) is 2.94. The average Bonchev–Trinajstić information content (AvgIpc) is 3.37. The first-order valence-electron chi connectivity index (χ1n) is 12.0. The second-order valence-corrected chi connectivity index (χ2v) is 12.9. The number of hydrogen-bond donors (Lipinski definition) is 2. The number of thioether (sulfide) groups is 1. The highest BCUT2D eigenvalue weighted by Gasteiger charge is 2.32. The van der Waals surface area contributed by atoms with Crippen LogP contribution < -0.4 is 4.72 Å². The molecule has 3 atom stereocenters. The molecule has 0 bridgehead atoms. The molecule has 8 nitrogen and oxygen atoms in total. The van der Waals surface area contributed by atoms with Crippen LogP contribution in [0.1, 0.15) is 40.5 Å². The maximum atomic E-state index is 12.8. The van der Waals surface area contributed by atoms with E-state index in [0.717, 1.165) is 20.5 Å². The van der Waals surface area contributed by atoms with Gasteiger partial charge >= 0.3 is 0 Å². The Hall–Kier alpha value is -2.80. The monoisotopic (exact) mass is 569 g/mol. The van der Waals surface area contributed by atoms with Crippen molar-refractivity contribution < 1.29 is 23.0 Å². The molecule has 0 amide bonds. The molecule has 198 valence electrons. The van der Waals surface area contributed by atoms with Crippen molar-refractivity contribution in [3.05, 3.63) is 101 Å². The lowest BCUT2D eigenvalue weighted by atomic mass is 10.0. The van der Waals surface area contributed by atoms with E-state index >= 15 is 0 Å². The molecule has 11 heteroatoms. The summed E-state index contributed by atoms with van der Waals surface area (Å²) in [6, 6.07) is 23.0. The normalized spacial score (nSPS) is 19.8. The van der Waals surface area contributed by atoms with Crippen molar-refractivity contribution in [2.24, 2.45) is 0 Å². The van der Waals surface area contributed by atoms with Gasteiger partial charge in [-0.1, -0.05) is 77.7 Å². The van der Waals surface area contributed by atoms with E-state index in [9.17, 15) is 13.5 Å². The van der Waals surface area contributed by atoms with Crippen LogP contribution in [-0.2, 0) is 26.1 Å². The van der Waals surface area contributed by atoms with Gasteiger partial charge in [-0.15, -0.1) is 10.2 Å². The summed E-state index contributed by atoms with van der Waals surface area (Å²) in [6.45, 7) is 1.90. The first kappa shape index (κ1) is 26.8. The zero-order chi connectivity index (χ0) is 26.5. The molecule has 1 fully saturated rings. The second kappa shape index (κ2) is 11.9. The van der Waals surface area contributed by atoms with Crippen LogP contribution in [0.4, 0.5) is 5.69 Å². The number of nitrogens with one attached hydrogen (secondary N) is 1. The van der Waals surface area contributed by atoms with Gasteiger partial charge in [0.1, 0.15) is 5.01 Å². The number of hydrogen-bond acceptors (Lipinski definition) is 9. The summed E-state index contributed by atoms with van der Waals surface area (Å²) in [6.07, 6.45) is -0.447. The molecule has 0 spiro atoms. The van der Waals surface area contributed by atoms with Crippen LogP contribution in [0, 0.1) is 6.92 Å². The van der Waals surface area contributed by atoms with Gasteiger partial charge in [0.2, 0.25) is 0 Å². The summed E-state index contributed by atoms with van der Waals surface area (Å²) in [5.74, 6) is 0.667. The van der Waals surface area contributed by atoms with E-state index in [0.29, 0.717) is 23.4 Å². The van der Waals surface area contributed by atoms with E-state index in [-0.39, 0.29) is 23.7 Å². The molecule has 0 aliphatic carbocycles. The summed E-state index contributed by atoms with van der Waals surface area (Å²) in [7, 11) is -3.74. The highest BCUT2D eigenvalue weighted by Crippen LogP contribution is 2.40. The van der Waals surface area contributed by atoms with Crippen LogP contribution in [-0.4, -0.2) is 35.6 Å². The minimum atomic E-state index is -3.74. The zero-order valence-electron chi connectivity index (χ0n) is 20.6. The van der Waals surface area contributed by atoms with Crippen molar-refractivity contribution in [1.29, 1.82) is 0 Å². The van der Waals surface area contributed by atoms with Gasteiger partial charge < -0.3 is 14.6 Å². The van der Waals surface area contributed by atoms with E-state index in [1.165, 1.54) is 0 Å². The Kier molecular flexibility index (Phi) is 8.42. The number of ether oxygens (including phenoxy) is 2. The van der Waals surface area contributed by atoms with Gasteiger partial charge in [0, 0.05) is 23.4 Å². The van der Waals surface area contributed by atoms with Crippen molar-refractivity contribution in [2.75, 3.05) is 10.5 Å². The Labute approximate surface area is 230 Å².